The molecule has 0 bridgehead atoms. The van der Waals surface area contributed by atoms with E-state index in [0.29, 0.717) is 17.7 Å². The minimum absolute atomic E-state index is 0.000627. The molecule has 0 saturated carbocycles. The van der Waals surface area contributed by atoms with Gasteiger partial charge >= 0.3 is 0 Å². The van der Waals surface area contributed by atoms with Crippen LogP contribution in [-0.2, 0) is 6.54 Å². The van der Waals surface area contributed by atoms with Gasteiger partial charge in [-0.15, -0.1) is 0 Å². The Balaban J connectivity index is 1.62. The van der Waals surface area contributed by atoms with Crippen LogP contribution in [0.25, 0.3) is 0 Å². The Morgan fingerprint density at radius 1 is 1.10 bits per heavy atom. The van der Waals surface area contributed by atoms with Crippen molar-refractivity contribution in [1.29, 1.82) is 5.26 Å². The van der Waals surface area contributed by atoms with Crippen LogP contribution in [0, 0.1) is 23.0 Å². The van der Waals surface area contributed by atoms with Crippen LogP contribution in [0.15, 0.2) is 42.5 Å². The Morgan fingerprint density at radius 2 is 1.79 bits per heavy atom. The number of aromatic nitrogens is 2. The van der Waals surface area contributed by atoms with Crippen molar-refractivity contribution in [2.24, 2.45) is 0 Å². The summed E-state index contributed by atoms with van der Waals surface area (Å²) in [5.74, 6) is -3.69. The van der Waals surface area contributed by atoms with Gasteiger partial charge < -0.3 is 10.6 Å². The number of nitriles is 1. The number of hydrogen-bond donors (Lipinski definition) is 3. The summed E-state index contributed by atoms with van der Waals surface area (Å²) < 4.78 is 26.4. The zero-order chi connectivity index (χ0) is 21.0. The van der Waals surface area contributed by atoms with Crippen LogP contribution in [-0.4, -0.2) is 22.0 Å². The second-order valence-electron chi connectivity index (χ2n) is 5.86. The van der Waals surface area contributed by atoms with Crippen LogP contribution in [0.1, 0.15) is 32.0 Å². The zero-order valence-electron chi connectivity index (χ0n) is 14.6. The molecule has 3 rings (SSSR count). The minimum atomic E-state index is -1.22. The van der Waals surface area contributed by atoms with Crippen LogP contribution in [0.2, 0.25) is 5.02 Å². The van der Waals surface area contributed by atoms with E-state index in [1.165, 1.54) is 6.07 Å². The fourth-order valence-electron chi connectivity index (χ4n) is 2.36. The monoisotopic (exact) mass is 415 g/mol. The molecule has 0 spiro atoms. The van der Waals surface area contributed by atoms with E-state index in [0.717, 1.165) is 5.56 Å². The average molecular weight is 416 g/mol. The van der Waals surface area contributed by atoms with Crippen molar-refractivity contribution in [3.05, 3.63) is 81.5 Å². The highest BCUT2D eigenvalue weighted by atomic mass is 35.5. The van der Waals surface area contributed by atoms with E-state index >= 15 is 0 Å². The van der Waals surface area contributed by atoms with E-state index in [1.807, 2.05) is 6.07 Å². The summed E-state index contributed by atoms with van der Waals surface area (Å²) in [7, 11) is 0. The van der Waals surface area contributed by atoms with Crippen LogP contribution in [0.4, 0.5) is 14.6 Å². The van der Waals surface area contributed by atoms with Gasteiger partial charge in [0.2, 0.25) is 0 Å². The van der Waals surface area contributed by atoms with Gasteiger partial charge in [-0.3, -0.25) is 14.7 Å². The van der Waals surface area contributed by atoms with Crippen LogP contribution in [0.5, 0.6) is 0 Å². The average Bonchev–Trinajstić information content (AvgIpc) is 3.17. The molecule has 1 aromatic heterocycles. The maximum absolute atomic E-state index is 13.3. The number of nitrogens with one attached hydrogen (secondary N) is 3. The van der Waals surface area contributed by atoms with Gasteiger partial charge in [0.05, 0.1) is 22.2 Å². The lowest BCUT2D eigenvalue weighted by Gasteiger charge is -2.05. The van der Waals surface area contributed by atoms with E-state index in [-0.39, 0.29) is 28.6 Å². The van der Waals surface area contributed by atoms with E-state index in [2.05, 4.69) is 20.8 Å². The molecular formula is C19H12ClF2N5O2. The standard InChI is InChI=1S/C19H12ClF2N5O2/c20-13-6-15(22)14(21)5-12(13)18(28)25-17-7-16(26-27-17)19(29)24-9-11-3-1-10(8-23)2-4-11/h1-7H,9H2,(H,24,29)(H2,25,26,27,28). The van der Waals surface area contributed by atoms with Gasteiger partial charge in [0.15, 0.2) is 17.5 Å². The fourth-order valence-corrected chi connectivity index (χ4v) is 2.59. The Morgan fingerprint density at radius 3 is 2.48 bits per heavy atom. The molecular weight excluding hydrogens is 404 g/mol. The normalized spacial score (nSPS) is 10.3. The molecule has 3 aromatic rings. The molecule has 7 nitrogen and oxygen atoms in total. The number of amides is 2. The van der Waals surface area contributed by atoms with E-state index in [1.54, 1.807) is 24.3 Å². The van der Waals surface area contributed by atoms with Gasteiger partial charge in [-0.05, 0) is 29.8 Å². The highest BCUT2D eigenvalue weighted by Gasteiger charge is 2.17. The van der Waals surface area contributed by atoms with E-state index < -0.39 is 23.4 Å². The number of anilines is 1. The number of benzene rings is 2. The predicted molar refractivity (Wildman–Crippen MR) is 100 cm³/mol. The van der Waals surface area contributed by atoms with Crippen molar-refractivity contribution in [2.75, 3.05) is 5.32 Å². The van der Waals surface area contributed by atoms with Crippen molar-refractivity contribution >= 4 is 29.2 Å². The number of hydrogen-bond acceptors (Lipinski definition) is 4. The van der Waals surface area contributed by atoms with Crippen molar-refractivity contribution in [2.45, 2.75) is 6.54 Å². The maximum Gasteiger partial charge on any atom is 0.269 e. The number of carbonyl (C=O) groups excluding carboxylic acids is 2. The molecule has 0 atom stereocenters. The number of aromatic amines is 1. The van der Waals surface area contributed by atoms with E-state index in [4.69, 9.17) is 16.9 Å². The molecule has 0 fully saturated rings. The Hall–Kier alpha value is -3.77. The molecule has 0 unspecified atom stereocenters. The molecule has 0 saturated heterocycles. The Labute approximate surface area is 168 Å². The molecule has 10 heteroatoms. The van der Waals surface area contributed by atoms with Crippen molar-refractivity contribution in [3.63, 3.8) is 0 Å². The smallest absolute Gasteiger partial charge is 0.269 e. The lowest BCUT2D eigenvalue weighted by molar-refractivity contribution is 0.0945. The molecule has 1 heterocycles. The number of nitrogens with zero attached hydrogens (tertiary/aromatic N) is 2. The summed E-state index contributed by atoms with van der Waals surface area (Å²) in [6.45, 7) is 0.218. The van der Waals surface area contributed by atoms with Crippen molar-refractivity contribution < 1.29 is 18.4 Å². The summed E-state index contributed by atoms with van der Waals surface area (Å²) in [4.78, 5) is 24.4. The lowest BCUT2D eigenvalue weighted by atomic mass is 10.1. The first-order chi connectivity index (χ1) is 13.9. The molecule has 0 aliphatic rings. The third-order valence-corrected chi connectivity index (χ3v) is 4.17. The Bertz CT molecular complexity index is 1120. The summed E-state index contributed by atoms with van der Waals surface area (Å²) in [6, 6.07) is 11.3. The van der Waals surface area contributed by atoms with Crippen LogP contribution in [0.3, 0.4) is 0 Å². The summed E-state index contributed by atoms with van der Waals surface area (Å²) >= 11 is 5.76. The van der Waals surface area contributed by atoms with Gasteiger partial charge in [0.25, 0.3) is 11.8 Å². The summed E-state index contributed by atoms with van der Waals surface area (Å²) in [6.07, 6.45) is 0. The SMILES string of the molecule is N#Cc1ccc(CNC(=O)c2cc(NC(=O)c3cc(F)c(F)cc3Cl)n[nH]2)cc1. The minimum Gasteiger partial charge on any atom is -0.347 e. The summed E-state index contributed by atoms with van der Waals surface area (Å²) in [5, 5.41) is 19.8. The second-order valence-corrected chi connectivity index (χ2v) is 6.27. The third kappa shape index (κ3) is 4.75. The quantitative estimate of drug-likeness (QED) is 0.554. The predicted octanol–water partition coefficient (Wildman–Crippen LogP) is 3.40. The lowest BCUT2D eigenvalue weighted by Crippen LogP contribution is -2.23. The van der Waals surface area contributed by atoms with Crippen LogP contribution < -0.4 is 10.6 Å². The topological polar surface area (TPSA) is 111 Å². The van der Waals surface area contributed by atoms with Gasteiger partial charge in [0.1, 0.15) is 5.69 Å². The zero-order valence-corrected chi connectivity index (χ0v) is 15.3. The molecule has 2 aromatic carbocycles. The number of carbonyl (C=O) groups is 2. The summed E-state index contributed by atoms with van der Waals surface area (Å²) in [5.41, 5.74) is 1.10. The largest absolute Gasteiger partial charge is 0.347 e. The van der Waals surface area contributed by atoms with Gasteiger partial charge in [-0.25, -0.2) is 8.78 Å². The number of halogens is 3. The third-order valence-electron chi connectivity index (χ3n) is 3.85. The molecule has 2 amide bonds. The number of H-pyrrole nitrogens is 1. The molecule has 3 N–H and O–H groups in total. The molecule has 0 radical (unpaired) electrons. The number of rotatable bonds is 5. The van der Waals surface area contributed by atoms with Crippen molar-refractivity contribution in [1.82, 2.24) is 15.5 Å². The highest BCUT2D eigenvalue weighted by Crippen LogP contribution is 2.21. The first kappa shape index (κ1) is 20.0. The second kappa shape index (κ2) is 8.50. The fraction of sp³-hybridized carbons (Fsp3) is 0.0526. The van der Waals surface area contributed by atoms with Gasteiger partial charge in [-0.1, -0.05) is 23.7 Å². The maximum atomic E-state index is 13.3. The molecule has 29 heavy (non-hydrogen) atoms. The molecule has 0 aliphatic carbocycles. The van der Waals surface area contributed by atoms with E-state index in [9.17, 15) is 18.4 Å². The van der Waals surface area contributed by atoms with Gasteiger partial charge in [-0.2, -0.15) is 10.4 Å². The van der Waals surface area contributed by atoms with Crippen molar-refractivity contribution in [3.8, 4) is 6.07 Å². The first-order valence-electron chi connectivity index (χ1n) is 8.16. The highest BCUT2D eigenvalue weighted by molar-refractivity contribution is 6.34. The van der Waals surface area contributed by atoms with Gasteiger partial charge in [0, 0.05) is 12.6 Å². The van der Waals surface area contributed by atoms with Crippen LogP contribution >= 0.6 is 11.6 Å². The molecule has 146 valence electrons. The Kier molecular flexibility index (Phi) is 5.85. The first-order valence-corrected chi connectivity index (χ1v) is 8.53. The molecule has 0 aliphatic heterocycles.